The zero-order valence-corrected chi connectivity index (χ0v) is 11.8. The van der Waals surface area contributed by atoms with Crippen LogP contribution in [0.1, 0.15) is 84.0 Å². The normalized spacial score (nSPS) is 9.83. The average Bonchev–Trinajstić information content (AvgIpc) is 2.34. The van der Waals surface area contributed by atoms with Crippen LogP contribution < -0.4 is 0 Å². The summed E-state index contributed by atoms with van der Waals surface area (Å²) in [5, 5.41) is 8.48. The number of aliphatic carboxylic acids is 1. The van der Waals surface area contributed by atoms with Crippen LogP contribution in [0, 0.1) is 11.8 Å². The molecule has 2 heteroatoms. The number of carbonyl (C=O) groups is 1. The van der Waals surface area contributed by atoms with Crippen molar-refractivity contribution >= 4 is 5.97 Å². The average molecular weight is 252 g/mol. The molecule has 0 atom stereocenters. The summed E-state index contributed by atoms with van der Waals surface area (Å²) in [6, 6.07) is 0. The van der Waals surface area contributed by atoms with Crippen molar-refractivity contribution in [3.63, 3.8) is 0 Å². The molecule has 0 heterocycles. The van der Waals surface area contributed by atoms with Gasteiger partial charge in [-0.3, -0.25) is 4.79 Å². The molecule has 0 aromatic carbocycles. The SMILES string of the molecule is CCCCC#CCCCCCCCCCC(=O)O. The van der Waals surface area contributed by atoms with Crippen LogP contribution in [0.15, 0.2) is 0 Å². The highest BCUT2D eigenvalue weighted by Gasteiger charge is 1.96. The van der Waals surface area contributed by atoms with Gasteiger partial charge in [0.15, 0.2) is 0 Å². The predicted octanol–water partition coefficient (Wildman–Crippen LogP) is 4.78. The Hall–Kier alpha value is -0.970. The molecular formula is C16H28O2. The fourth-order valence-electron chi connectivity index (χ4n) is 1.82. The second-order valence-electron chi connectivity index (χ2n) is 4.83. The molecule has 0 amide bonds. The molecule has 1 N–H and O–H groups in total. The van der Waals surface area contributed by atoms with E-state index in [1.54, 1.807) is 0 Å². The summed E-state index contributed by atoms with van der Waals surface area (Å²) in [7, 11) is 0. The fraction of sp³-hybridized carbons (Fsp3) is 0.812. The summed E-state index contributed by atoms with van der Waals surface area (Å²) in [6.45, 7) is 2.19. The van der Waals surface area contributed by atoms with Crippen LogP contribution in [0.3, 0.4) is 0 Å². The third-order valence-corrected chi connectivity index (χ3v) is 2.97. The number of hydrogen-bond donors (Lipinski definition) is 1. The zero-order valence-electron chi connectivity index (χ0n) is 11.8. The summed E-state index contributed by atoms with van der Waals surface area (Å²) in [5.74, 6) is 5.77. The molecule has 0 fully saturated rings. The monoisotopic (exact) mass is 252 g/mol. The van der Waals surface area contributed by atoms with Gasteiger partial charge in [-0.25, -0.2) is 0 Å². The third kappa shape index (κ3) is 15.0. The van der Waals surface area contributed by atoms with Crippen molar-refractivity contribution < 1.29 is 9.90 Å². The zero-order chi connectivity index (χ0) is 13.5. The van der Waals surface area contributed by atoms with E-state index in [1.807, 2.05) is 0 Å². The van der Waals surface area contributed by atoms with Crippen molar-refractivity contribution in [2.45, 2.75) is 84.0 Å². The minimum absolute atomic E-state index is 0.327. The Labute approximate surface area is 112 Å². The molecule has 0 saturated carbocycles. The predicted molar refractivity (Wildman–Crippen MR) is 76.5 cm³/mol. The highest BCUT2D eigenvalue weighted by Crippen LogP contribution is 2.09. The highest BCUT2D eigenvalue weighted by atomic mass is 16.4. The van der Waals surface area contributed by atoms with Crippen molar-refractivity contribution in [2.75, 3.05) is 0 Å². The van der Waals surface area contributed by atoms with Gasteiger partial charge in [0, 0.05) is 19.3 Å². The largest absolute Gasteiger partial charge is 0.481 e. The molecule has 2 nitrogen and oxygen atoms in total. The molecule has 0 bridgehead atoms. The smallest absolute Gasteiger partial charge is 0.303 e. The summed E-state index contributed by atoms with van der Waals surface area (Å²) in [5.41, 5.74) is 0. The molecule has 104 valence electrons. The summed E-state index contributed by atoms with van der Waals surface area (Å²) >= 11 is 0. The second kappa shape index (κ2) is 14.1. The molecule has 0 aliphatic heterocycles. The molecule has 0 radical (unpaired) electrons. The van der Waals surface area contributed by atoms with E-state index in [0.717, 1.165) is 25.7 Å². The lowest BCUT2D eigenvalue weighted by Crippen LogP contribution is -1.93. The number of hydrogen-bond acceptors (Lipinski definition) is 1. The van der Waals surface area contributed by atoms with E-state index < -0.39 is 5.97 Å². The summed E-state index contributed by atoms with van der Waals surface area (Å²) < 4.78 is 0. The molecule has 0 aliphatic carbocycles. The van der Waals surface area contributed by atoms with Crippen molar-refractivity contribution in [3.8, 4) is 11.8 Å². The topological polar surface area (TPSA) is 37.3 Å². The minimum atomic E-state index is -0.670. The van der Waals surface area contributed by atoms with Crippen LogP contribution in [0.2, 0.25) is 0 Å². The molecule has 0 unspecified atom stereocenters. The van der Waals surface area contributed by atoms with Crippen LogP contribution in [0.25, 0.3) is 0 Å². The van der Waals surface area contributed by atoms with Crippen molar-refractivity contribution in [1.29, 1.82) is 0 Å². The highest BCUT2D eigenvalue weighted by molar-refractivity contribution is 5.66. The van der Waals surface area contributed by atoms with Gasteiger partial charge < -0.3 is 5.11 Å². The number of carboxylic acid groups (broad SMARTS) is 1. The standard InChI is InChI=1S/C16H28O2/c1-2-3-4-5-6-7-8-9-10-11-12-13-14-15-16(17)18/h2-4,7-15H2,1H3,(H,17,18). The summed E-state index contributed by atoms with van der Waals surface area (Å²) in [4.78, 5) is 10.3. The van der Waals surface area contributed by atoms with Gasteiger partial charge in [-0.05, 0) is 19.3 Å². The first-order valence-electron chi connectivity index (χ1n) is 7.45. The number of unbranched alkanes of at least 4 members (excludes halogenated alkanes) is 9. The maximum Gasteiger partial charge on any atom is 0.303 e. The van der Waals surface area contributed by atoms with E-state index in [1.165, 1.54) is 44.9 Å². The number of rotatable bonds is 11. The van der Waals surface area contributed by atoms with Gasteiger partial charge >= 0.3 is 5.97 Å². The lowest BCUT2D eigenvalue weighted by Gasteiger charge is -1.99. The Morgan fingerprint density at radius 3 is 1.89 bits per heavy atom. The number of carboxylic acids is 1. The molecule has 0 aromatic rings. The van der Waals surface area contributed by atoms with Gasteiger partial charge in [0.2, 0.25) is 0 Å². The Morgan fingerprint density at radius 2 is 1.33 bits per heavy atom. The third-order valence-electron chi connectivity index (χ3n) is 2.97. The minimum Gasteiger partial charge on any atom is -0.481 e. The Balaban J connectivity index is 3.06. The molecule has 0 saturated heterocycles. The summed E-state index contributed by atoms with van der Waals surface area (Å²) in [6.07, 6.45) is 12.9. The molecular weight excluding hydrogens is 224 g/mol. The van der Waals surface area contributed by atoms with E-state index in [2.05, 4.69) is 18.8 Å². The molecule has 0 aliphatic rings. The maximum atomic E-state index is 10.3. The van der Waals surface area contributed by atoms with E-state index >= 15 is 0 Å². The van der Waals surface area contributed by atoms with Gasteiger partial charge in [-0.1, -0.05) is 45.4 Å². The molecule has 0 spiro atoms. The van der Waals surface area contributed by atoms with E-state index in [4.69, 9.17) is 5.11 Å². The van der Waals surface area contributed by atoms with Crippen LogP contribution >= 0.6 is 0 Å². The van der Waals surface area contributed by atoms with Gasteiger partial charge in [0.05, 0.1) is 0 Å². The van der Waals surface area contributed by atoms with Crippen molar-refractivity contribution in [2.24, 2.45) is 0 Å². The molecule has 0 aromatic heterocycles. The van der Waals surface area contributed by atoms with E-state index in [0.29, 0.717) is 6.42 Å². The van der Waals surface area contributed by atoms with Gasteiger partial charge in [-0.2, -0.15) is 0 Å². The Kier molecular flexibility index (Phi) is 13.3. The van der Waals surface area contributed by atoms with Crippen molar-refractivity contribution in [1.82, 2.24) is 0 Å². The first kappa shape index (κ1) is 17.0. The lowest BCUT2D eigenvalue weighted by molar-refractivity contribution is -0.137. The van der Waals surface area contributed by atoms with Gasteiger partial charge in [0.1, 0.15) is 0 Å². The van der Waals surface area contributed by atoms with E-state index in [9.17, 15) is 4.79 Å². The van der Waals surface area contributed by atoms with Gasteiger partial charge in [0.25, 0.3) is 0 Å². The van der Waals surface area contributed by atoms with Crippen LogP contribution in [0.5, 0.6) is 0 Å². The van der Waals surface area contributed by atoms with Crippen LogP contribution in [-0.2, 0) is 4.79 Å². The Morgan fingerprint density at radius 1 is 0.833 bits per heavy atom. The van der Waals surface area contributed by atoms with Crippen molar-refractivity contribution in [3.05, 3.63) is 0 Å². The fourth-order valence-corrected chi connectivity index (χ4v) is 1.82. The quantitative estimate of drug-likeness (QED) is 0.424. The van der Waals surface area contributed by atoms with Gasteiger partial charge in [-0.15, -0.1) is 11.8 Å². The first-order chi connectivity index (χ1) is 8.77. The Bertz CT molecular complexity index is 248. The molecule has 18 heavy (non-hydrogen) atoms. The van der Waals surface area contributed by atoms with Crippen LogP contribution in [-0.4, -0.2) is 11.1 Å². The molecule has 0 rings (SSSR count). The second-order valence-corrected chi connectivity index (χ2v) is 4.83. The lowest BCUT2D eigenvalue weighted by atomic mass is 10.1. The van der Waals surface area contributed by atoms with Crippen LogP contribution in [0.4, 0.5) is 0 Å². The van der Waals surface area contributed by atoms with E-state index in [-0.39, 0.29) is 0 Å². The first-order valence-corrected chi connectivity index (χ1v) is 7.45. The maximum absolute atomic E-state index is 10.3.